The van der Waals surface area contributed by atoms with E-state index in [0.29, 0.717) is 19.6 Å². The first-order valence-electron chi connectivity index (χ1n) is 6.08. The summed E-state index contributed by atoms with van der Waals surface area (Å²) in [5, 5.41) is 9.44. The Balaban J connectivity index is 2.23. The van der Waals surface area contributed by atoms with Gasteiger partial charge in [-0.2, -0.15) is 0 Å². The van der Waals surface area contributed by atoms with E-state index in [-0.39, 0.29) is 24.0 Å². The molecule has 1 N–H and O–H groups in total. The van der Waals surface area contributed by atoms with Crippen LogP contribution >= 0.6 is 0 Å². The first-order chi connectivity index (χ1) is 7.50. The van der Waals surface area contributed by atoms with Crippen molar-refractivity contribution < 1.29 is 14.6 Å². The zero-order valence-corrected chi connectivity index (χ0v) is 10.5. The van der Waals surface area contributed by atoms with Crippen LogP contribution in [0.2, 0.25) is 0 Å². The molecule has 1 fully saturated rings. The smallest absolute Gasteiger partial charge is 0.224 e. The third kappa shape index (κ3) is 4.10. The largest absolute Gasteiger partial charge is 0.393 e. The van der Waals surface area contributed by atoms with E-state index in [4.69, 9.17) is 4.74 Å². The van der Waals surface area contributed by atoms with Gasteiger partial charge in [0.2, 0.25) is 5.91 Å². The SMILES string of the molecule is CC(C)OCCC(=O)N1CCC(C(C)O)C1. The van der Waals surface area contributed by atoms with Crippen molar-refractivity contribution in [3.63, 3.8) is 0 Å². The van der Waals surface area contributed by atoms with E-state index in [1.807, 2.05) is 18.7 Å². The fraction of sp³-hybridized carbons (Fsp3) is 0.917. The summed E-state index contributed by atoms with van der Waals surface area (Å²) in [6.07, 6.45) is 1.22. The molecule has 1 aliphatic rings. The summed E-state index contributed by atoms with van der Waals surface area (Å²) < 4.78 is 5.35. The molecule has 0 bridgehead atoms. The van der Waals surface area contributed by atoms with Crippen LogP contribution in [0.5, 0.6) is 0 Å². The molecular formula is C12H23NO3. The van der Waals surface area contributed by atoms with Crippen molar-refractivity contribution in [3.8, 4) is 0 Å². The Morgan fingerprint density at radius 2 is 2.19 bits per heavy atom. The predicted octanol–water partition coefficient (Wildman–Crippen LogP) is 1.03. The van der Waals surface area contributed by atoms with Crippen molar-refractivity contribution in [1.82, 2.24) is 4.90 Å². The van der Waals surface area contributed by atoms with Gasteiger partial charge in [-0.25, -0.2) is 0 Å². The maximum absolute atomic E-state index is 11.8. The Labute approximate surface area is 97.6 Å². The molecule has 0 radical (unpaired) electrons. The second-order valence-corrected chi connectivity index (χ2v) is 4.80. The van der Waals surface area contributed by atoms with Crippen LogP contribution in [-0.2, 0) is 9.53 Å². The minimum atomic E-state index is -0.315. The highest BCUT2D eigenvalue weighted by atomic mass is 16.5. The lowest BCUT2D eigenvalue weighted by Crippen LogP contribution is -2.31. The minimum Gasteiger partial charge on any atom is -0.393 e. The number of nitrogens with zero attached hydrogens (tertiary/aromatic N) is 1. The van der Waals surface area contributed by atoms with Gasteiger partial charge in [0, 0.05) is 19.0 Å². The van der Waals surface area contributed by atoms with Crippen molar-refractivity contribution in [2.75, 3.05) is 19.7 Å². The Hall–Kier alpha value is -0.610. The summed E-state index contributed by atoms with van der Waals surface area (Å²) in [5.41, 5.74) is 0. The molecule has 2 atom stereocenters. The molecule has 1 saturated heterocycles. The lowest BCUT2D eigenvalue weighted by molar-refractivity contribution is -0.131. The molecule has 94 valence electrons. The van der Waals surface area contributed by atoms with E-state index in [0.717, 1.165) is 13.0 Å². The highest BCUT2D eigenvalue weighted by Crippen LogP contribution is 2.20. The molecule has 0 aromatic rings. The number of rotatable bonds is 5. The number of hydrogen-bond acceptors (Lipinski definition) is 3. The van der Waals surface area contributed by atoms with E-state index in [2.05, 4.69) is 0 Å². The fourth-order valence-corrected chi connectivity index (χ4v) is 1.95. The number of ether oxygens (including phenoxy) is 1. The molecule has 1 heterocycles. The van der Waals surface area contributed by atoms with E-state index in [1.165, 1.54) is 0 Å². The number of hydrogen-bond donors (Lipinski definition) is 1. The van der Waals surface area contributed by atoms with Gasteiger partial charge in [0.1, 0.15) is 0 Å². The summed E-state index contributed by atoms with van der Waals surface area (Å²) in [4.78, 5) is 13.6. The molecule has 1 aliphatic heterocycles. The van der Waals surface area contributed by atoms with Gasteiger partial charge in [0.15, 0.2) is 0 Å². The molecule has 2 unspecified atom stereocenters. The summed E-state index contributed by atoms with van der Waals surface area (Å²) in [5.74, 6) is 0.388. The van der Waals surface area contributed by atoms with Crippen LogP contribution in [0.1, 0.15) is 33.6 Å². The van der Waals surface area contributed by atoms with Gasteiger partial charge in [-0.3, -0.25) is 4.79 Å². The van der Waals surface area contributed by atoms with Crippen molar-refractivity contribution >= 4 is 5.91 Å². The van der Waals surface area contributed by atoms with Gasteiger partial charge < -0.3 is 14.7 Å². The third-order valence-electron chi connectivity index (χ3n) is 3.03. The van der Waals surface area contributed by atoms with Crippen LogP contribution in [0.4, 0.5) is 0 Å². The second kappa shape index (κ2) is 6.21. The van der Waals surface area contributed by atoms with Crippen molar-refractivity contribution in [1.29, 1.82) is 0 Å². The van der Waals surface area contributed by atoms with Gasteiger partial charge in [-0.05, 0) is 27.2 Å². The Kier molecular flexibility index (Phi) is 5.22. The topological polar surface area (TPSA) is 49.8 Å². The number of carbonyl (C=O) groups is 1. The summed E-state index contributed by atoms with van der Waals surface area (Å²) >= 11 is 0. The molecule has 1 rings (SSSR count). The standard InChI is InChI=1S/C12H23NO3/c1-9(2)16-7-5-12(15)13-6-4-11(8-13)10(3)14/h9-11,14H,4-8H2,1-3H3. The van der Waals surface area contributed by atoms with Gasteiger partial charge in [-0.1, -0.05) is 0 Å². The molecule has 0 aliphatic carbocycles. The average molecular weight is 229 g/mol. The molecule has 0 spiro atoms. The predicted molar refractivity (Wildman–Crippen MR) is 62.1 cm³/mol. The number of amides is 1. The molecule has 0 saturated carbocycles. The number of aliphatic hydroxyl groups is 1. The highest BCUT2D eigenvalue weighted by Gasteiger charge is 2.28. The summed E-state index contributed by atoms with van der Waals surface area (Å²) in [6, 6.07) is 0. The monoisotopic (exact) mass is 229 g/mol. The van der Waals surface area contributed by atoms with Crippen molar-refractivity contribution in [2.24, 2.45) is 5.92 Å². The maximum atomic E-state index is 11.8. The molecule has 4 nitrogen and oxygen atoms in total. The highest BCUT2D eigenvalue weighted by molar-refractivity contribution is 5.76. The summed E-state index contributed by atoms with van der Waals surface area (Å²) in [6.45, 7) is 7.68. The third-order valence-corrected chi connectivity index (χ3v) is 3.03. The molecule has 0 aromatic carbocycles. The number of carbonyl (C=O) groups excluding carboxylic acids is 1. The lowest BCUT2D eigenvalue weighted by atomic mass is 10.0. The molecular weight excluding hydrogens is 206 g/mol. The van der Waals surface area contributed by atoms with Gasteiger partial charge >= 0.3 is 0 Å². The first kappa shape index (κ1) is 13.5. The zero-order valence-electron chi connectivity index (χ0n) is 10.5. The molecule has 1 amide bonds. The van der Waals surface area contributed by atoms with Crippen molar-refractivity contribution in [2.45, 2.75) is 45.8 Å². The van der Waals surface area contributed by atoms with E-state index in [1.54, 1.807) is 6.92 Å². The second-order valence-electron chi connectivity index (χ2n) is 4.80. The number of aliphatic hydroxyl groups excluding tert-OH is 1. The quantitative estimate of drug-likeness (QED) is 0.766. The van der Waals surface area contributed by atoms with Crippen LogP contribution in [0.25, 0.3) is 0 Å². The van der Waals surface area contributed by atoms with Crippen molar-refractivity contribution in [3.05, 3.63) is 0 Å². The van der Waals surface area contributed by atoms with E-state index < -0.39 is 0 Å². The Bertz CT molecular complexity index is 228. The van der Waals surface area contributed by atoms with Gasteiger partial charge in [0.05, 0.1) is 25.2 Å². The van der Waals surface area contributed by atoms with Gasteiger partial charge in [0.25, 0.3) is 0 Å². The Morgan fingerprint density at radius 1 is 1.50 bits per heavy atom. The molecule has 0 aromatic heterocycles. The first-order valence-corrected chi connectivity index (χ1v) is 6.08. The lowest BCUT2D eigenvalue weighted by Gasteiger charge is -2.18. The normalized spacial score (nSPS) is 22.8. The average Bonchev–Trinajstić information content (AvgIpc) is 2.65. The van der Waals surface area contributed by atoms with Gasteiger partial charge in [-0.15, -0.1) is 0 Å². The maximum Gasteiger partial charge on any atom is 0.224 e. The van der Waals surface area contributed by atoms with Crippen LogP contribution in [0, 0.1) is 5.92 Å². The molecule has 16 heavy (non-hydrogen) atoms. The fourth-order valence-electron chi connectivity index (χ4n) is 1.95. The van der Waals surface area contributed by atoms with Crippen LogP contribution in [0.15, 0.2) is 0 Å². The zero-order chi connectivity index (χ0) is 12.1. The van der Waals surface area contributed by atoms with Crippen LogP contribution < -0.4 is 0 Å². The van der Waals surface area contributed by atoms with Crippen LogP contribution in [-0.4, -0.2) is 47.8 Å². The summed E-state index contributed by atoms with van der Waals surface area (Å²) in [7, 11) is 0. The van der Waals surface area contributed by atoms with E-state index in [9.17, 15) is 9.90 Å². The van der Waals surface area contributed by atoms with Crippen LogP contribution in [0.3, 0.4) is 0 Å². The Morgan fingerprint density at radius 3 is 2.69 bits per heavy atom. The number of likely N-dealkylation sites (tertiary alicyclic amines) is 1. The molecule has 4 heteroatoms. The minimum absolute atomic E-state index is 0.142. The van der Waals surface area contributed by atoms with E-state index >= 15 is 0 Å².